The van der Waals surface area contributed by atoms with E-state index in [9.17, 15) is 9.59 Å². The van der Waals surface area contributed by atoms with Gasteiger partial charge in [0.2, 0.25) is 5.78 Å². The largest absolute Gasteiger partial charge is 0.319 e. The number of carbonyl (C=O) groups is 2. The van der Waals surface area contributed by atoms with Crippen molar-refractivity contribution in [3.63, 3.8) is 0 Å². The van der Waals surface area contributed by atoms with Crippen molar-refractivity contribution in [2.75, 3.05) is 13.1 Å². The molecule has 1 fully saturated rings. The highest BCUT2D eigenvalue weighted by Gasteiger charge is 2.32. The number of Topliss-reactive ketones (excluding diaryl/α,β-unsaturated/α-hetero) is 1. The van der Waals surface area contributed by atoms with Gasteiger partial charge in [0.1, 0.15) is 5.82 Å². The van der Waals surface area contributed by atoms with Crippen molar-refractivity contribution in [3.05, 3.63) is 5.82 Å². The van der Waals surface area contributed by atoms with Gasteiger partial charge in [0.15, 0.2) is 11.4 Å². The molecule has 6 nitrogen and oxygen atoms in total. The summed E-state index contributed by atoms with van der Waals surface area (Å²) in [7, 11) is 0. The average molecular weight is 296 g/mol. The first-order valence-electron chi connectivity index (χ1n) is 6.79. The molecule has 1 aromatic rings. The fourth-order valence-corrected chi connectivity index (χ4v) is 2.68. The molecule has 2 rings (SSSR count). The summed E-state index contributed by atoms with van der Waals surface area (Å²) in [5.74, 6) is 0.484. The van der Waals surface area contributed by atoms with Crippen LogP contribution in [0.1, 0.15) is 45.0 Å². The third-order valence-corrected chi connectivity index (χ3v) is 4.17. The minimum absolute atomic E-state index is 0.200. The Bertz CT molecular complexity index is 500. The average Bonchev–Trinajstić information content (AvgIpc) is 3.03. The van der Waals surface area contributed by atoms with E-state index in [1.54, 1.807) is 0 Å². The first kappa shape index (κ1) is 15.2. The van der Waals surface area contributed by atoms with Crippen LogP contribution in [0, 0.1) is 5.41 Å². The van der Waals surface area contributed by atoms with Gasteiger partial charge in [-0.15, -0.1) is 22.8 Å². The highest BCUT2D eigenvalue weighted by Crippen LogP contribution is 2.32. The number of ketones is 1. The number of H-pyrrole nitrogens is 1. The minimum atomic E-state index is -0.606. The number of aldehydes is 1. The van der Waals surface area contributed by atoms with E-state index in [0.29, 0.717) is 17.9 Å². The number of aromatic nitrogens is 3. The molecule has 0 spiro atoms. The molecule has 2 heterocycles. The van der Waals surface area contributed by atoms with Gasteiger partial charge in [-0.3, -0.25) is 14.5 Å². The number of hydrogen-bond donors (Lipinski definition) is 2. The Labute approximate surface area is 123 Å². The van der Waals surface area contributed by atoms with Gasteiger partial charge in [-0.2, -0.15) is 0 Å². The van der Waals surface area contributed by atoms with E-state index in [1.165, 1.54) is 0 Å². The predicted molar refractivity (Wildman–Crippen MR) is 76.7 cm³/mol. The summed E-state index contributed by atoms with van der Waals surface area (Å²) < 4.78 is 0. The number of aromatic amines is 1. The summed E-state index contributed by atoms with van der Waals surface area (Å²) in [5.41, 5.74) is -0.606. The normalized spacial score (nSPS) is 20.2. The minimum Gasteiger partial charge on any atom is -0.319 e. The van der Waals surface area contributed by atoms with Crippen molar-refractivity contribution in [1.82, 2.24) is 20.1 Å². The van der Waals surface area contributed by atoms with E-state index < -0.39 is 5.41 Å². The number of likely N-dealkylation sites (tertiary alicyclic amines) is 1. The molecular formula is C13H20N4O2S. The highest BCUT2D eigenvalue weighted by molar-refractivity contribution is 7.80. The fourth-order valence-electron chi connectivity index (χ4n) is 2.52. The Kier molecular flexibility index (Phi) is 4.59. The molecule has 1 unspecified atom stereocenters. The molecule has 1 aromatic heterocycles. The summed E-state index contributed by atoms with van der Waals surface area (Å²) in [6.07, 6.45) is 3.19. The van der Waals surface area contributed by atoms with Crippen LogP contribution in [0.3, 0.4) is 0 Å². The molecular weight excluding hydrogens is 276 g/mol. The Hall–Kier alpha value is -1.21. The number of hydrogen-bond acceptors (Lipinski definition) is 6. The Morgan fingerprint density at radius 2 is 2.30 bits per heavy atom. The molecule has 20 heavy (non-hydrogen) atoms. The van der Waals surface area contributed by atoms with Crippen molar-refractivity contribution >= 4 is 24.7 Å². The van der Waals surface area contributed by atoms with Crippen LogP contribution in [0.2, 0.25) is 0 Å². The van der Waals surface area contributed by atoms with Crippen molar-refractivity contribution in [3.8, 4) is 0 Å². The van der Waals surface area contributed by atoms with Crippen molar-refractivity contribution in [2.24, 2.45) is 5.41 Å². The van der Waals surface area contributed by atoms with E-state index >= 15 is 0 Å². The smallest absolute Gasteiger partial charge is 0.200 e. The second-order valence-electron chi connectivity index (χ2n) is 5.84. The number of nitrogens with one attached hydrogen (secondary N) is 1. The zero-order chi connectivity index (χ0) is 14.8. The van der Waals surface area contributed by atoms with E-state index in [-0.39, 0.29) is 11.8 Å². The maximum atomic E-state index is 11.6. The number of nitrogens with zero attached hydrogens (tertiary/aromatic N) is 3. The molecule has 1 saturated heterocycles. The molecule has 110 valence electrons. The van der Waals surface area contributed by atoms with Gasteiger partial charge in [0.05, 0.1) is 6.04 Å². The highest BCUT2D eigenvalue weighted by atomic mass is 32.1. The number of thiol groups is 1. The van der Waals surface area contributed by atoms with Crippen molar-refractivity contribution in [2.45, 2.75) is 44.3 Å². The second kappa shape index (κ2) is 6.05. The molecule has 0 aliphatic carbocycles. The summed E-state index contributed by atoms with van der Waals surface area (Å²) in [5, 5.41) is 8.49. The topological polar surface area (TPSA) is 79.0 Å². The summed E-state index contributed by atoms with van der Waals surface area (Å²) in [6, 6.07) is 0.200. The Morgan fingerprint density at radius 1 is 1.55 bits per heavy atom. The van der Waals surface area contributed by atoms with Crippen LogP contribution in [-0.2, 0) is 9.59 Å². The predicted octanol–water partition coefficient (Wildman–Crippen LogP) is 1.41. The third-order valence-electron chi connectivity index (χ3n) is 3.97. The summed E-state index contributed by atoms with van der Waals surface area (Å²) >= 11 is 4.13. The fraction of sp³-hybridized carbons (Fsp3) is 0.692. The molecule has 0 amide bonds. The van der Waals surface area contributed by atoms with Crippen LogP contribution in [0.4, 0.5) is 0 Å². The molecule has 1 aliphatic heterocycles. The van der Waals surface area contributed by atoms with Crippen LogP contribution < -0.4 is 0 Å². The SMILES string of the molecule is CC(C)(CCN1CCCC1c1nnc(S)[nH]1)C(=O)C=O. The standard InChI is InChI=1S/C13H20N4O2S/c1-13(2,10(19)8-18)5-7-17-6-3-4-9(17)11-14-12(20)16-15-11/h8-9H,3-7H2,1-2H3,(H2,14,15,16,20). The van der Waals surface area contributed by atoms with E-state index in [2.05, 4.69) is 32.7 Å². The van der Waals surface area contributed by atoms with Crippen LogP contribution in [0.15, 0.2) is 5.16 Å². The zero-order valence-electron chi connectivity index (χ0n) is 11.8. The van der Waals surface area contributed by atoms with Crippen molar-refractivity contribution in [1.29, 1.82) is 0 Å². The first-order valence-corrected chi connectivity index (χ1v) is 7.24. The van der Waals surface area contributed by atoms with E-state index in [1.807, 2.05) is 13.8 Å². The lowest BCUT2D eigenvalue weighted by Crippen LogP contribution is -2.33. The van der Waals surface area contributed by atoms with Gasteiger partial charge in [0.25, 0.3) is 0 Å². The third kappa shape index (κ3) is 3.27. The number of rotatable bonds is 6. The van der Waals surface area contributed by atoms with Gasteiger partial charge >= 0.3 is 0 Å². The van der Waals surface area contributed by atoms with Crippen LogP contribution in [-0.4, -0.2) is 45.2 Å². The molecule has 0 aromatic carbocycles. The van der Waals surface area contributed by atoms with Crippen molar-refractivity contribution < 1.29 is 9.59 Å². The van der Waals surface area contributed by atoms with E-state index in [4.69, 9.17) is 0 Å². The lowest BCUT2D eigenvalue weighted by atomic mass is 9.85. The van der Waals surface area contributed by atoms with Crippen LogP contribution >= 0.6 is 12.6 Å². The molecule has 7 heteroatoms. The zero-order valence-corrected chi connectivity index (χ0v) is 12.7. The molecule has 0 radical (unpaired) electrons. The van der Waals surface area contributed by atoms with E-state index in [0.717, 1.165) is 31.8 Å². The molecule has 1 aliphatic rings. The van der Waals surface area contributed by atoms with Gasteiger partial charge < -0.3 is 4.98 Å². The molecule has 0 saturated carbocycles. The van der Waals surface area contributed by atoms with Crippen LogP contribution in [0.25, 0.3) is 0 Å². The van der Waals surface area contributed by atoms with Gasteiger partial charge in [0, 0.05) is 5.41 Å². The lowest BCUT2D eigenvalue weighted by molar-refractivity contribution is -0.136. The Balaban J connectivity index is 1.98. The van der Waals surface area contributed by atoms with Crippen LogP contribution in [0.5, 0.6) is 0 Å². The Morgan fingerprint density at radius 3 is 2.90 bits per heavy atom. The summed E-state index contributed by atoms with van der Waals surface area (Å²) in [4.78, 5) is 27.6. The molecule has 1 atom stereocenters. The monoisotopic (exact) mass is 296 g/mol. The maximum Gasteiger partial charge on any atom is 0.200 e. The van der Waals surface area contributed by atoms with Gasteiger partial charge in [-0.25, -0.2) is 0 Å². The lowest BCUT2D eigenvalue weighted by Gasteiger charge is -2.27. The second-order valence-corrected chi connectivity index (χ2v) is 6.27. The first-order chi connectivity index (χ1) is 9.44. The molecule has 1 N–H and O–H groups in total. The van der Waals surface area contributed by atoms with Gasteiger partial charge in [-0.05, 0) is 32.4 Å². The maximum absolute atomic E-state index is 11.6. The molecule has 0 bridgehead atoms. The quantitative estimate of drug-likeness (QED) is 0.471. The van der Waals surface area contributed by atoms with Gasteiger partial charge in [-0.1, -0.05) is 13.8 Å². The summed E-state index contributed by atoms with van der Waals surface area (Å²) in [6.45, 7) is 5.36. The number of carbonyl (C=O) groups excluding carboxylic acids is 2.